The molecule has 0 aromatic rings. The minimum absolute atomic E-state index is 0.991. The molecule has 2 aliphatic carbocycles. The smallest absolute Gasteiger partial charge is 0.0200 e. The maximum absolute atomic E-state index is 2.37. The van der Waals surface area contributed by atoms with Gasteiger partial charge in [-0.05, 0) is 37.5 Å². The summed E-state index contributed by atoms with van der Waals surface area (Å²) in [6.45, 7) is 2.12. The van der Waals surface area contributed by atoms with E-state index in [1.165, 1.54) is 12.8 Å². The van der Waals surface area contributed by atoms with Crippen molar-refractivity contribution in [2.24, 2.45) is 17.8 Å². The van der Waals surface area contributed by atoms with Gasteiger partial charge >= 0.3 is 0 Å². The Labute approximate surface area is 50.6 Å². The van der Waals surface area contributed by atoms with Crippen LogP contribution in [0.15, 0.2) is 12.2 Å². The third-order valence-electron chi connectivity index (χ3n) is 2.54. The Bertz CT molecular complexity index is 124. The van der Waals surface area contributed by atoms with E-state index in [0.29, 0.717) is 0 Å². The Morgan fingerprint density at radius 1 is 1.38 bits per heavy atom. The van der Waals surface area contributed by atoms with E-state index in [0.717, 1.165) is 17.8 Å². The first-order valence-electron chi connectivity index (χ1n) is 3.54. The van der Waals surface area contributed by atoms with Crippen molar-refractivity contribution in [2.75, 3.05) is 0 Å². The lowest BCUT2D eigenvalue weighted by molar-refractivity contribution is 0.356. The molecule has 2 aliphatic rings. The second-order valence-electron chi connectivity index (χ2n) is 3.08. The summed E-state index contributed by atoms with van der Waals surface area (Å²) in [6, 6.07) is 0. The summed E-state index contributed by atoms with van der Waals surface area (Å²) in [4.78, 5) is 0. The van der Waals surface area contributed by atoms with Crippen molar-refractivity contribution in [2.45, 2.75) is 19.8 Å². The van der Waals surface area contributed by atoms with Crippen LogP contribution in [0.25, 0.3) is 0 Å². The van der Waals surface area contributed by atoms with Gasteiger partial charge in [-0.2, -0.15) is 0 Å². The highest BCUT2D eigenvalue weighted by Gasteiger charge is 2.51. The molecule has 2 rings (SSSR count). The third-order valence-corrected chi connectivity index (χ3v) is 2.54. The van der Waals surface area contributed by atoms with Crippen LogP contribution in [-0.2, 0) is 0 Å². The molecular weight excluding hydrogens is 96.1 g/mol. The van der Waals surface area contributed by atoms with E-state index in [9.17, 15) is 0 Å². The molecule has 0 nitrogen and oxygen atoms in total. The summed E-state index contributed by atoms with van der Waals surface area (Å²) >= 11 is 0. The van der Waals surface area contributed by atoms with Crippen molar-refractivity contribution in [3.8, 4) is 0 Å². The van der Waals surface area contributed by atoms with Gasteiger partial charge in [0, 0.05) is 0 Å². The van der Waals surface area contributed by atoms with Gasteiger partial charge in [-0.25, -0.2) is 0 Å². The fourth-order valence-corrected chi connectivity index (χ4v) is 1.86. The first kappa shape index (κ1) is 4.60. The third kappa shape index (κ3) is 0.460. The van der Waals surface area contributed by atoms with Gasteiger partial charge in [-0.15, -0.1) is 0 Å². The lowest BCUT2D eigenvalue weighted by Crippen LogP contribution is -2.11. The second-order valence-corrected chi connectivity index (χ2v) is 3.08. The number of hydrogen-bond acceptors (Lipinski definition) is 0. The summed E-state index contributed by atoms with van der Waals surface area (Å²) in [7, 11) is 0. The maximum atomic E-state index is 2.37. The molecule has 0 heterocycles. The van der Waals surface area contributed by atoms with E-state index in [-0.39, 0.29) is 0 Å². The Kier molecular flexibility index (Phi) is 0.787. The molecule has 0 aromatic heterocycles. The number of rotatable bonds is 1. The van der Waals surface area contributed by atoms with Gasteiger partial charge < -0.3 is 0 Å². The Balaban J connectivity index is 1.92. The normalized spacial score (nSPS) is 50.9. The molecule has 0 saturated heterocycles. The van der Waals surface area contributed by atoms with Gasteiger partial charge in [0.05, 0.1) is 0 Å². The number of hydrogen-bond donors (Lipinski definition) is 0. The minimum atomic E-state index is 0.991. The summed E-state index contributed by atoms with van der Waals surface area (Å²) in [5.74, 6) is 3.28. The van der Waals surface area contributed by atoms with Gasteiger partial charge in [-0.3, -0.25) is 0 Å². The average molecular weight is 108 g/mol. The fourth-order valence-electron chi connectivity index (χ4n) is 1.86. The van der Waals surface area contributed by atoms with E-state index >= 15 is 0 Å². The van der Waals surface area contributed by atoms with Gasteiger partial charge in [0.1, 0.15) is 0 Å². The van der Waals surface area contributed by atoms with Crippen LogP contribution < -0.4 is 0 Å². The maximum Gasteiger partial charge on any atom is -0.0200 e. The van der Waals surface area contributed by atoms with E-state index in [1.807, 2.05) is 0 Å². The molecule has 0 amide bonds. The van der Waals surface area contributed by atoms with Crippen molar-refractivity contribution in [3.63, 3.8) is 0 Å². The van der Waals surface area contributed by atoms with Gasteiger partial charge in [0.2, 0.25) is 0 Å². The first-order chi connectivity index (χ1) is 3.92. The highest BCUT2D eigenvalue weighted by molar-refractivity contribution is 5.09. The number of allylic oxidation sites excluding steroid dienone is 2. The topological polar surface area (TPSA) is 0 Å². The molecule has 0 N–H and O–H groups in total. The number of fused-ring (bicyclic) bond motifs is 1. The second kappa shape index (κ2) is 1.37. The van der Waals surface area contributed by atoms with Gasteiger partial charge in [0.25, 0.3) is 0 Å². The Morgan fingerprint density at radius 2 is 2.25 bits per heavy atom. The van der Waals surface area contributed by atoms with E-state index in [1.54, 1.807) is 0 Å². The predicted molar refractivity (Wildman–Crippen MR) is 34.5 cm³/mol. The first-order valence-corrected chi connectivity index (χ1v) is 3.54. The molecule has 0 spiro atoms. The molecule has 3 atom stereocenters. The van der Waals surface area contributed by atoms with Crippen LogP contribution in [0.2, 0.25) is 0 Å². The summed E-state index contributed by atoms with van der Waals surface area (Å²) in [5, 5.41) is 0. The zero-order valence-corrected chi connectivity index (χ0v) is 5.30. The van der Waals surface area contributed by atoms with Crippen LogP contribution in [0.1, 0.15) is 19.8 Å². The monoisotopic (exact) mass is 108 g/mol. The largest absolute Gasteiger partial charge is 0.0914 e. The summed E-state index contributed by atoms with van der Waals surface area (Å²) < 4.78 is 0. The standard InChI is InChI=1S/C8H12/c1-2-3-6-4-7-5-8(6)7/h2-3,6-8H,4-5H2,1H3. The molecule has 0 bridgehead atoms. The van der Waals surface area contributed by atoms with Crippen LogP contribution in [-0.4, -0.2) is 0 Å². The summed E-state index contributed by atoms with van der Waals surface area (Å²) in [6.07, 6.45) is 7.59. The van der Waals surface area contributed by atoms with Crippen molar-refractivity contribution in [1.29, 1.82) is 0 Å². The van der Waals surface area contributed by atoms with Crippen LogP contribution in [0.3, 0.4) is 0 Å². The molecule has 44 valence electrons. The van der Waals surface area contributed by atoms with Gasteiger partial charge in [-0.1, -0.05) is 12.2 Å². The van der Waals surface area contributed by atoms with Gasteiger partial charge in [0.15, 0.2) is 0 Å². The molecule has 8 heavy (non-hydrogen) atoms. The highest BCUT2D eigenvalue weighted by Crippen LogP contribution is 2.60. The van der Waals surface area contributed by atoms with Crippen molar-refractivity contribution >= 4 is 0 Å². The fraction of sp³-hybridized carbons (Fsp3) is 0.750. The molecule has 2 saturated carbocycles. The van der Waals surface area contributed by atoms with Crippen molar-refractivity contribution < 1.29 is 0 Å². The van der Waals surface area contributed by atoms with E-state index in [4.69, 9.17) is 0 Å². The van der Waals surface area contributed by atoms with E-state index in [2.05, 4.69) is 19.1 Å². The van der Waals surface area contributed by atoms with Crippen LogP contribution in [0.4, 0.5) is 0 Å². The zero-order chi connectivity index (χ0) is 5.56. The lowest BCUT2D eigenvalue weighted by atomic mass is 9.85. The Morgan fingerprint density at radius 3 is 2.62 bits per heavy atom. The molecule has 0 radical (unpaired) electrons. The van der Waals surface area contributed by atoms with Crippen LogP contribution in [0, 0.1) is 17.8 Å². The molecule has 0 aliphatic heterocycles. The zero-order valence-electron chi connectivity index (χ0n) is 5.30. The molecule has 0 heteroatoms. The van der Waals surface area contributed by atoms with Crippen LogP contribution in [0.5, 0.6) is 0 Å². The minimum Gasteiger partial charge on any atom is -0.0914 e. The van der Waals surface area contributed by atoms with Crippen molar-refractivity contribution in [3.05, 3.63) is 12.2 Å². The highest BCUT2D eigenvalue weighted by atomic mass is 14.6. The van der Waals surface area contributed by atoms with E-state index < -0.39 is 0 Å². The lowest BCUT2D eigenvalue weighted by Gasteiger charge is -2.20. The Hall–Kier alpha value is -0.260. The van der Waals surface area contributed by atoms with Crippen LogP contribution >= 0.6 is 0 Å². The molecule has 0 aromatic carbocycles. The quantitative estimate of drug-likeness (QED) is 0.452. The summed E-state index contributed by atoms with van der Waals surface area (Å²) in [5.41, 5.74) is 0. The molecule has 3 unspecified atom stereocenters. The predicted octanol–water partition coefficient (Wildman–Crippen LogP) is 2.22. The molecular formula is C8H12. The van der Waals surface area contributed by atoms with Crippen molar-refractivity contribution in [1.82, 2.24) is 0 Å². The molecule has 2 fully saturated rings. The SMILES string of the molecule is CC=CC1CC2CC12. The average Bonchev–Trinajstić information content (AvgIpc) is 2.36.